The first-order chi connectivity index (χ1) is 11.1. The van der Waals surface area contributed by atoms with Gasteiger partial charge in [-0.15, -0.1) is 5.10 Å². The predicted molar refractivity (Wildman–Crippen MR) is 91.1 cm³/mol. The lowest BCUT2D eigenvalue weighted by Gasteiger charge is -2.47. The summed E-state index contributed by atoms with van der Waals surface area (Å²) in [5, 5.41) is 12.0. The van der Waals surface area contributed by atoms with Gasteiger partial charge in [-0.1, -0.05) is 27.2 Å². The van der Waals surface area contributed by atoms with Crippen LogP contribution in [0.4, 0.5) is 0 Å². The number of nitrogens with one attached hydrogen (secondary N) is 1. The molecule has 0 amide bonds. The summed E-state index contributed by atoms with van der Waals surface area (Å²) < 4.78 is 9.29. The van der Waals surface area contributed by atoms with Crippen LogP contribution in [0.15, 0.2) is 28.9 Å². The Bertz CT molecular complexity index is 731. The molecule has 3 heterocycles. The lowest BCUT2D eigenvalue weighted by Crippen LogP contribution is -2.50. The molecule has 2 aliphatic heterocycles. The zero-order valence-electron chi connectivity index (χ0n) is 13.4. The van der Waals surface area contributed by atoms with E-state index in [9.17, 15) is 0 Å². The maximum atomic E-state index is 6.39. The molecule has 2 aromatic rings. The van der Waals surface area contributed by atoms with Gasteiger partial charge in [0.1, 0.15) is 0 Å². The quantitative estimate of drug-likeness (QED) is 0.831. The van der Waals surface area contributed by atoms with Gasteiger partial charge in [-0.2, -0.15) is 0 Å². The Morgan fingerprint density at radius 3 is 3.04 bits per heavy atom. The van der Waals surface area contributed by atoms with Crippen molar-refractivity contribution in [1.82, 2.24) is 20.3 Å². The van der Waals surface area contributed by atoms with Crippen LogP contribution in [0.3, 0.4) is 0 Å². The van der Waals surface area contributed by atoms with Crippen LogP contribution in [-0.4, -0.2) is 27.6 Å². The number of benzene rings is 1. The minimum atomic E-state index is -0.221. The maximum absolute atomic E-state index is 6.39. The highest BCUT2D eigenvalue weighted by Crippen LogP contribution is 2.46. The van der Waals surface area contributed by atoms with Crippen LogP contribution in [0.25, 0.3) is 0 Å². The summed E-state index contributed by atoms with van der Waals surface area (Å²) >= 11 is 3.59. The van der Waals surface area contributed by atoms with Crippen LogP contribution in [-0.2, 0) is 23.8 Å². The van der Waals surface area contributed by atoms with E-state index in [1.165, 1.54) is 11.1 Å². The van der Waals surface area contributed by atoms with Crippen molar-refractivity contribution < 1.29 is 4.74 Å². The van der Waals surface area contributed by atoms with Crippen molar-refractivity contribution in [2.75, 3.05) is 6.61 Å². The first-order valence-electron chi connectivity index (χ1n) is 8.11. The number of halogens is 1. The molecule has 1 aromatic heterocycles. The molecule has 6 heteroatoms. The minimum Gasteiger partial charge on any atom is -0.370 e. The minimum absolute atomic E-state index is 0.169. The molecule has 0 radical (unpaired) electrons. The highest BCUT2D eigenvalue weighted by atomic mass is 79.9. The molecule has 1 N–H and O–H groups in total. The summed E-state index contributed by atoms with van der Waals surface area (Å²) in [5.41, 5.74) is 3.51. The van der Waals surface area contributed by atoms with E-state index in [1.54, 1.807) is 4.68 Å². The zero-order valence-corrected chi connectivity index (χ0v) is 15.0. The summed E-state index contributed by atoms with van der Waals surface area (Å²) in [5.74, 6) is 0. The Kier molecular flexibility index (Phi) is 3.78. The SMILES string of the molecule is C[C@H]1C[C@@]2(C[C@@H](c3cn(C)nn3)N1)OCCc1cc(Br)ccc12. The molecule has 1 aromatic carbocycles. The van der Waals surface area contributed by atoms with Crippen molar-refractivity contribution in [2.45, 2.75) is 43.9 Å². The number of fused-ring (bicyclic) bond motifs is 2. The summed E-state index contributed by atoms with van der Waals surface area (Å²) in [6, 6.07) is 7.13. The highest BCUT2D eigenvalue weighted by Gasteiger charge is 2.45. The van der Waals surface area contributed by atoms with Gasteiger partial charge in [0, 0.05) is 30.2 Å². The molecule has 0 bridgehead atoms. The van der Waals surface area contributed by atoms with Crippen LogP contribution in [0.5, 0.6) is 0 Å². The molecule has 4 rings (SSSR count). The van der Waals surface area contributed by atoms with Gasteiger partial charge in [0.05, 0.1) is 23.9 Å². The molecule has 0 saturated carbocycles. The predicted octanol–water partition coefficient (Wildman–Crippen LogP) is 2.86. The normalized spacial score (nSPS) is 30.4. The molecule has 1 saturated heterocycles. The van der Waals surface area contributed by atoms with Crippen LogP contribution >= 0.6 is 15.9 Å². The van der Waals surface area contributed by atoms with Crippen molar-refractivity contribution in [2.24, 2.45) is 7.05 Å². The Hall–Kier alpha value is -1.24. The van der Waals surface area contributed by atoms with E-state index in [-0.39, 0.29) is 11.6 Å². The van der Waals surface area contributed by atoms with E-state index < -0.39 is 0 Å². The van der Waals surface area contributed by atoms with Gasteiger partial charge < -0.3 is 10.1 Å². The van der Waals surface area contributed by atoms with Gasteiger partial charge in [0.25, 0.3) is 0 Å². The van der Waals surface area contributed by atoms with Gasteiger partial charge in [0.2, 0.25) is 0 Å². The third kappa shape index (κ3) is 2.73. The van der Waals surface area contributed by atoms with E-state index in [4.69, 9.17) is 4.74 Å². The fraction of sp³-hybridized carbons (Fsp3) is 0.529. The Morgan fingerprint density at radius 1 is 1.39 bits per heavy atom. The second-order valence-electron chi connectivity index (χ2n) is 6.74. The van der Waals surface area contributed by atoms with E-state index >= 15 is 0 Å². The molecular weight excluding hydrogens is 356 g/mol. The van der Waals surface area contributed by atoms with Crippen molar-refractivity contribution in [3.63, 3.8) is 0 Å². The molecule has 3 atom stereocenters. The number of aromatic nitrogens is 3. The molecule has 0 aliphatic carbocycles. The molecule has 0 unspecified atom stereocenters. The van der Waals surface area contributed by atoms with Gasteiger partial charge >= 0.3 is 0 Å². The van der Waals surface area contributed by atoms with Crippen LogP contribution in [0, 0.1) is 0 Å². The Balaban J connectivity index is 1.73. The smallest absolute Gasteiger partial charge is 0.0997 e. The first-order valence-corrected chi connectivity index (χ1v) is 8.90. The Labute approximate surface area is 144 Å². The second-order valence-corrected chi connectivity index (χ2v) is 7.66. The summed E-state index contributed by atoms with van der Waals surface area (Å²) in [6.45, 7) is 3.00. The van der Waals surface area contributed by atoms with Gasteiger partial charge in [-0.3, -0.25) is 4.68 Å². The molecule has 5 nitrogen and oxygen atoms in total. The lowest BCUT2D eigenvalue weighted by atomic mass is 9.75. The molecule has 122 valence electrons. The van der Waals surface area contributed by atoms with Crippen molar-refractivity contribution >= 4 is 15.9 Å². The number of aryl methyl sites for hydroxylation is 1. The standard InChI is InChI=1S/C17H21BrN4O/c1-11-8-17(9-15(19-11)16-10-22(2)21-20-16)14-4-3-13(18)7-12(14)5-6-23-17/h3-4,7,10-11,15,19H,5-6,8-9H2,1-2H3/t11-,15-,17-/m0/s1. The number of nitrogens with zero attached hydrogens (tertiary/aromatic N) is 3. The van der Waals surface area contributed by atoms with E-state index in [1.807, 2.05) is 13.2 Å². The number of hydrogen-bond donors (Lipinski definition) is 1. The maximum Gasteiger partial charge on any atom is 0.0997 e. The monoisotopic (exact) mass is 376 g/mol. The van der Waals surface area contributed by atoms with Crippen molar-refractivity contribution in [3.05, 3.63) is 45.7 Å². The molecule has 1 spiro atoms. The Morgan fingerprint density at radius 2 is 2.26 bits per heavy atom. The summed E-state index contributed by atoms with van der Waals surface area (Å²) in [7, 11) is 1.91. The number of hydrogen-bond acceptors (Lipinski definition) is 4. The summed E-state index contributed by atoms with van der Waals surface area (Å²) in [6.07, 6.45) is 4.85. The van der Waals surface area contributed by atoms with Crippen molar-refractivity contribution in [3.8, 4) is 0 Å². The highest BCUT2D eigenvalue weighted by molar-refractivity contribution is 9.10. The van der Waals surface area contributed by atoms with E-state index in [0.717, 1.165) is 36.0 Å². The first kappa shape index (κ1) is 15.3. The molecule has 23 heavy (non-hydrogen) atoms. The van der Waals surface area contributed by atoms with Crippen LogP contribution in [0.2, 0.25) is 0 Å². The zero-order chi connectivity index (χ0) is 16.0. The van der Waals surface area contributed by atoms with Gasteiger partial charge in [-0.25, -0.2) is 0 Å². The number of piperidine rings is 1. The third-order valence-electron chi connectivity index (χ3n) is 4.94. The molecule has 1 fully saturated rings. The fourth-order valence-electron chi connectivity index (χ4n) is 4.07. The molecular formula is C17H21BrN4O. The molecule has 2 aliphatic rings. The van der Waals surface area contributed by atoms with Crippen LogP contribution in [0.1, 0.15) is 42.6 Å². The van der Waals surface area contributed by atoms with Gasteiger partial charge in [-0.05, 0) is 43.0 Å². The van der Waals surface area contributed by atoms with Gasteiger partial charge in [0.15, 0.2) is 0 Å². The summed E-state index contributed by atoms with van der Waals surface area (Å²) in [4.78, 5) is 0. The topological polar surface area (TPSA) is 52.0 Å². The lowest BCUT2D eigenvalue weighted by molar-refractivity contribution is -0.0987. The van der Waals surface area contributed by atoms with E-state index in [2.05, 4.69) is 56.7 Å². The average molecular weight is 377 g/mol. The van der Waals surface area contributed by atoms with Crippen molar-refractivity contribution in [1.29, 1.82) is 0 Å². The van der Waals surface area contributed by atoms with Crippen LogP contribution < -0.4 is 5.32 Å². The number of ether oxygens (including phenoxy) is 1. The fourth-order valence-corrected chi connectivity index (χ4v) is 4.48. The van der Waals surface area contributed by atoms with E-state index in [0.29, 0.717) is 6.04 Å². The average Bonchev–Trinajstić information content (AvgIpc) is 2.93. The number of rotatable bonds is 1. The second kappa shape index (κ2) is 5.69. The largest absolute Gasteiger partial charge is 0.370 e. The third-order valence-corrected chi connectivity index (χ3v) is 5.43.